The van der Waals surface area contributed by atoms with Gasteiger partial charge in [0.05, 0.1) is 4.90 Å². The summed E-state index contributed by atoms with van der Waals surface area (Å²) in [6, 6.07) is 27.6. The smallest absolute Gasteiger partial charge is 0.421 e. The average molecular weight is 1010 g/mol. The number of rotatable bonds is 14. The molecule has 21 nitrogen and oxygen atoms in total. The fraction of sp³-hybridized carbons (Fsp3) is 0.283. The number of nitrogens with zero attached hydrogens (tertiary/aromatic N) is 7. The molecule has 4 aromatic carbocycles. The number of hydrogen-bond donors (Lipinski definition) is 4. The van der Waals surface area contributed by atoms with E-state index in [2.05, 4.69) is 31.5 Å². The minimum Gasteiger partial charge on any atom is -0.421 e. The minimum absolute atomic E-state index is 0.0299. The normalized spacial score (nSPS) is 17.2. The fourth-order valence-corrected chi connectivity index (χ4v) is 10.2. The first-order chi connectivity index (χ1) is 33.6. The number of thioether (sulfide) groups is 2. The van der Waals surface area contributed by atoms with Crippen LogP contribution in [0.5, 0.6) is 0 Å². The molecule has 4 N–H and O–H groups in total. The topological polar surface area (TPSA) is 265 Å². The summed E-state index contributed by atoms with van der Waals surface area (Å²) in [6.45, 7) is 3.95. The summed E-state index contributed by atoms with van der Waals surface area (Å²) < 4.78 is 42.9. The number of likely N-dealkylation sites (N-methyl/N-ethyl adjacent to an activating group) is 1. The number of amides is 6. The van der Waals surface area contributed by atoms with E-state index < -0.39 is 69.5 Å². The highest BCUT2D eigenvalue weighted by molar-refractivity contribution is 8.01. The number of imide groups is 1. The lowest BCUT2D eigenvalue weighted by atomic mass is 10.0. The number of benzene rings is 4. The minimum atomic E-state index is -4.02. The highest BCUT2D eigenvalue weighted by atomic mass is 32.2. The third-order valence-corrected chi connectivity index (χ3v) is 14.4. The predicted molar refractivity (Wildman–Crippen MR) is 256 cm³/mol. The maximum absolute atomic E-state index is 14.2. The van der Waals surface area contributed by atoms with Crippen molar-refractivity contribution >= 4 is 75.1 Å². The number of aromatic nitrogens is 4. The second kappa shape index (κ2) is 22.4. The van der Waals surface area contributed by atoms with Crippen LogP contribution in [0.1, 0.15) is 41.3 Å². The van der Waals surface area contributed by atoms with Crippen molar-refractivity contribution in [3.05, 3.63) is 143 Å². The number of anilines is 1. The zero-order valence-electron chi connectivity index (χ0n) is 38.1. The van der Waals surface area contributed by atoms with E-state index in [4.69, 9.17) is 14.0 Å². The predicted octanol–water partition coefficient (Wildman–Crippen LogP) is 4.28. The summed E-state index contributed by atoms with van der Waals surface area (Å²) in [5.74, 6) is -2.63. The lowest BCUT2D eigenvalue weighted by Gasteiger charge is -2.49. The van der Waals surface area contributed by atoms with Crippen molar-refractivity contribution in [2.24, 2.45) is 7.05 Å². The highest BCUT2D eigenvalue weighted by Gasteiger charge is 2.55. The molecule has 2 fully saturated rings. The van der Waals surface area contributed by atoms with E-state index in [1.807, 2.05) is 67.6 Å². The number of ether oxygens (including phenoxy) is 2. The Hall–Kier alpha value is -7.28. The lowest BCUT2D eigenvalue weighted by Crippen LogP contribution is -2.71. The third-order valence-electron chi connectivity index (χ3n) is 11.1. The van der Waals surface area contributed by atoms with Gasteiger partial charge in [-0.2, -0.15) is 8.42 Å². The van der Waals surface area contributed by atoms with Gasteiger partial charge in [0.15, 0.2) is 6.10 Å². The molecular formula is C46H48N10O11S3. The second-order valence-corrected chi connectivity index (χ2v) is 19.2. The molecule has 1 aromatic heterocycles. The highest BCUT2D eigenvalue weighted by Crippen LogP contribution is 2.42. The number of aryl methyl sites for hydroxylation is 2. The van der Waals surface area contributed by atoms with Crippen molar-refractivity contribution in [2.75, 3.05) is 43.5 Å². The van der Waals surface area contributed by atoms with Crippen LogP contribution < -0.4 is 16.0 Å². The second-order valence-electron chi connectivity index (χ2n) is 15.7. The molecular weight excluding hydrogens is 965 g/mol. The van der Waals surface area contributed by atoms with E-state index in [9.17, 15) is 37.2 Å². The lowest BCUT2D eigenvalue weighted by molar-refractivity contribution is -0.153. The van der Waals surface area contributed by atoms with Crippen molar-refractivity contribution in [3.8, 4) is 0 Å². The first kappa shape index (κ1) is 50.6. The van der Waals surface area contributed by atoms with Gasteiger partial charge in [-0.25, -0.2) is 14.3 Å². The van der Waals surface area contributed by atoms with Crippen LogP contribution in [0, 0.1) is 6.92 Å². The van der Waals surface area contributed by atoms with Crippen LogP contribution in [0.15, 0.2) is 131 Å². The number of tetrazole rings is 1. The monoisotopic (exact) mass is 1010 g/mol. The van der Waals surface area contributed by atoms with Gasteiger partial charge in [-0.05, 0) is 65.2 Å². The van der Waals surface area contributed by atoms with Gasteiger partial charge in [0.2, 0.25) is 16.9 Å². The Kier molecular flexibility index (Phi) is 16.2. The molecule has 0 unspecified atom stereocenters. The summed E-state index contributed by atoms with van der Waals surface area (Å²) in [5, 5.41) is 19.7. The number of β-lactam (4-membered cyclic amide) rings is 1. The first-order valence-corrected chi connectivity index (χ1v) is 25.1. The molecule has 3 aliphatic heterocycles. The fourth-order valence-electron chi connectivity index (χ4n) is 7.40. The summed E-state index contributed by atoms with van der Waals surface area (Å²) in [6.07, 6.45) is -1.87. The Balaban J connectivity index is 0.000000579. The van der Waals surface area contributed by atoms with E-state index in [0.29, 0.717) is 45.4 Å². The quantitative estimate of drug-likeness (QED) is 0.0398. The van der Waals surface area contributed by atoms with Gasteiger partial charge in [0.1, 0.15) is 17.5 Å². The van der Waals surface area contributed by atoms with Crippen LogP contribution in [0.2, 0.25) is 0 Å². The number of carbonyl (C=O) groups excluding carboxylic acids is 6. The number of carbonyl (C=O) groups is 6. The van der Waals surface area contributed by atoms with Crippen molar-refractivity contribution in [3.63, 3.8) is 0 Å². The van der Waals surface area contributed by atoms with Crippen LogP contribution >= 0.6 is 23.5 Å². The molecule has 2 saturated heterocycles. The first-order valence-electron chi connectivity index (χ1n) is 21.6. The third kappa shape index (κ3) is 11.8. The molecule has 70 heavy (non-hydrogen) atoms. The molecule has 5 aromatic rings. The van der Waals surface area contributed by atoms with Gasteiger partial charge in [-0.1, -0.05) is 102 Å². The van der Waals surface area contributed by atoms with E-state index in [1.165, 1.54) is 50.1 Å². The molecule has 8 rings (SSSR count). The molecule has 0 saturated carbocycles. The number of nitrogens with one attached hydrogen (secondary N) is 3. The molecule has 3 atom stereocenters. The number of fused-ring (bicyclic) bond motifs is 1. The molecule has 0 bridgehead atoms. The van der Waals surface area contributed by atoms with Crippen molar-refractivity contribution in [1.29, 1.82) is 0 Å². The van der Waals surface area contributed by atoms with Crippen molar-refractivity contribution in [2.45, 2.75) is 47.5 Å². The zero-order valence-corrected chi connectivity index (χ0v) is 40.6. The van der Waals surface area contributed by atoms with Gasteiger partial charge < -0.3 is 30.3 Å². The number of piperazine rings is 1. The maximum Gasteiger partial charge on any atom is 0.516 e. The van der Waals surface area contributed by atoms with Crippen LogP contribution in [-0.2, 0) is 45.8 Å². The summed E-state index contributed by atoms with van der Waals surface area (Å²) in [5.41, 5.74) is 3.94. The van der Waals surface area contributed by atoms with E-state index in [1.54, 1.807) is 57.4 Å². The summed E-state index contributed by atoms with van der Waals surface area (Å²) in [7, 11) is -0.644. The van der Waals surface area contributed by atoms with Gasteiger partial charge in [0, 0.05) is 56.5 Å². The molecule has 24 heteroatoms. The van der Waals surface area contributed by atoms with E-state index >= 15 is 0 Å². The van der Waals surface area contributed by atoms with Gasteiger partial charge in [0.25, 0.3) is 16.0 Å². The number of hydrogen-bond acceptors (Lipinski definition) is 16. The Morgan fingerprint density at radius 1 is 0.900 bits per heavy atom. The van der Waals surface area contributed by atoms with Crippen molar-refractivity contribution in [1.82, 2.24) is 45.5 Å². The Morgan fingerprint density at radius 3 is 2.16 bits per heavy atom. The number of urea groups is 1. The molecule has 0 spiro atoms. The summed E-state index contributed by atoms with van der Waals surface area (Å²) in [4.78, 5) is 84.3. The van der Waals surface area contributed by atoms with Crippen LogP contribution in [0.3, 0.4) is 0 Å². The van der Waals surface area contributed by atoms with Crippen LogP contribution in [0.25, 0.3) is 0 Å². The molecule has 0 aliphatic carbocycles. The van der Waals surface area contributed by atoms with Gasteiger partial charge in [-0.3, -0.25) is 33.5 Å². The SMILES string of the molecule is CCN1CCN(C(=O)N[C@@H](C(=O)N[C@@H]2C(=O)N3C(OC(=O)OC(c4ccccc4)c4ccccc4)=C(CSc4nnnn4C)CS[C@@H]23)c2cccc(NC)c2)C(=O)C1=O.Cc1ccc(S(=O)(=O)O)cc1. The van der Waals surface area contributed by atoms with E-state index in [0.717, 1.165) is 10.5 Å². The molecule has 3 aliphatic rings. The largest absolute Gasteiger partial charge is 0.516 e. The molecule has 366 valence electrons. The zero-order chi connectivity index (χ0) is 50.1. The standard InChI is InChI=1S/C39H40N10O8S2.C7H8O3S/c1-4-47-18-19-48(34(53)33(47)52)37(54)42-28(25-16-11-17-27(20-25)40-2)31(50)41-29-32(51)49-35(26(21-58-36(29)49)22-59-38-43-44-45-46(38)3)57-39(55)56-30(23-12-7-5-8-13-23)24-14-9-6-10-15-24;1-6-2-4-7(5-3-6)11(8,9)10/h5-17,20,28-30,36,40H,4,18-19,21-22H2,1-3H3,(H,41,50)(H,42,54);2-5H,1H3,(H,8,9,10)/t28-,29-,36+;/m1./s1. The van der Waals surface area contributed by atoms with Gasteiger partial charge in [-0.15, -0.1) is 16.9 Å². The molecule has 0 radical (unpaired) electrons. The average Bonchev–Trinajstić information content (AvgIpc) is 3.78. The maximum atomic E-state index is 14.2. The summed E-state index contributed by atoms with van der Waals surface area (Å²) >= 11 is 2.63. The van der Waals surface area contributed by atoms with Crippen LogP contribution in [-0.4, -0.2) is 133 Å². The van der Waals surface area contributed by atoms with E-state index in [-0.39, 0.29) is 29.6 Å². The van der Waals surface area contributed by atoms with Gasteiger partial charge >= 0.3 is 24.0 Å². The molecule has 4 heterocycles. The Labute approximate surface area is 411 Å². The Bertz CT molecular complexity index is 2850. The van der Waals surface area contributed by atoms with Crippen molar-refractivity contribution < 1.29 is 51.2 Å². The molecule has 6 amide bonds. The van der Waals surface area contributed by atoms with Crippen LogP contribution in [0.4, 0.5) is 15.3 Å². The Morgan fingerprint density at radius 2 is 1.56 bits per heavy atom.